The molecule has 26 heavy (non-hydrogen) atoms. The van der Waals surface area contributed by atoms with Crippen LogP contribution in [0.3, 0.4) is 0 Å². The first-order chi connectivity index (χ1) is 12.4. The van der Waals surface area contributed by atoms with Gasteiger partial charge in [-0.25, -0.2) is 9.97 Å². The molecule has 1 saturated heterocycles. The van der Waals surface area contributed by atoms with E-state index in [0.29, 0.717) is 31.7 Å². The van der Waals surface area contributed by atoms with Crippen molar-refractivity contribution in [2.75, 3.05) is 26.0 Å². The zero-order valence-corrected chi connectivity index (χ0v) is 15.2. The molecule has 2 aromatic rings. The lowest BCUT2D eigenvalue weighted by molar-refractivity contribution is -0.137. The van der Waals surface area contributed by atoms with E-state index in [4.69, 9.17) is 4.74 Å². The molecule has 1 atom stereocenters. The first-order valence-electron chi connectivity index (χ1n) is 8.29. The van der Waals surface area contributed by atoms with E-state index in [2.05, 4.69) is 14.9 Å². The van der Waals surface area contributed by atoms with Crippen LogP contribution >= 0.6 is 11.8 Å². The lowest BCUT2D eigenvalue weighted by Gasteiger charge is -2.33. The van der Waals surface area contributed by atoms with Crippen molar-refractivity contribution in [3.05, 3.63) is 53.3 Å². The van der Waals surface area contributed by atoms with Gasteiger partial charge in [0.05, 0.1) is 18.3 Å². The minimum Gasteiger partial charge on any atom is -0.375 e. The summed E-state index contributed by atoms with van der Waals surface area (Å²) in [6.45, 7) is 2.72. The molecule has 140 valence electrons. The number of morpholine rings is 1. The number of halogens is 3. The van der Waals surface area contributed by atoms with Gasteiger partial charge in [0.25, 0.3) is 0 Å². The molecule has 0 N–H and O–H groups in total. The Bertz CT molecular complexity index is 724. The van der Waals surface area contributed by atoms with E-state index < -0.39 is 11.7 Å². The highest BCUT2D eigenvalue weighted by atomic mass is 32.2. The zero-order valence-electron chi connectivity index (χ0n) is 14.4. The monoisotopic (exact) mass is 383 g/mol. The van der Waals surface area contributed by atoms with Crippen LogP contribution in [0.4, 0.5) is 13.2 Å². The fourth-order valence-corrected chi connectivity index (χ4v) is 3.29. The Labute approximate surface area is 154 Å². The van der Waals surface area contributed by atoms with E-state index in [-0.39, 0.29) is 6.10 Å². The minimum absolute atomic E-state index is 0.126. The predicted molar refractivity (Wildman–Crippen MR) is 94.0 cm³/mol. The third-order valence-corrected chi connectivity index (χ3v) is 4.79. The summed E-state index contributed by atoms with van der Waals surface area (Å²) < 4.78 is 44.3. The van der Waals surface area contributed by atoms with Crippen LogP contribution in [0.25, 0.3) is 0 Å². The van der Waals surface area contributed by atoms with Gasteiger partial charge in [-0.3, -0.25) is 4.90 Å². The molecule has 3 rings (SSSR count). The Hall–Kier alpha value is -1.64. The molecule has 1 aromatic carbocycles. The molecule has 1 fully saturated rings. The molecule has 4 nitrogen and oxygen atoms in total. The summed E-state index contributed by atoms with van der Waals surface area (Å²) >= 11 is 1.49. The van der Waals surface area contributed by atoms with Gasteiger partial charge in [-0.2, -0.15) is 13.2 Å². The Morgan fingerprint density at radius 3 is 2.69 bits per heavy atom. The van der Waals surface area contributed by atoms with Crippen LogP contribution in [0.15, 0.2) is 41.8 Å². The van der Waals surface area contributed by atoms with Gasteiger partial charge < -0.3 is 4.74 Å². The highest BCUT2D eigenvalue weighted by molar-refractivity contribution is 7.98. The maximum absolute atomic E-state index is 12.9. The molecule has 1 unspecified atom stereocenters. The SMILES string of the molecule is CSc1ncc(CN2CCOC(Cc3cccc(C(F)(F)F)c3)C2)cn1. The van der Waals surface area contributed by atoms with Crippen molar-refractivity contribution in [1.29, 1.82) is 0 Å². The molecular weight excluding hydrogens is 363 g/mol. The standard InChI is InChI=1S/C18H20F3N3OS/c1-26-17-22-9-14(10-23-17)11-24-5-6-25-16(12-24)8-13-3-2-4-15(7-13)18(19,20)21/h2-4,7,9-10,16H,5-6,8,11-12H2,1H3. The van der Waals surface area contributed by atoms with Crippen molar-refractivity contribution < 1.29 is 17.9 Å². The van der Waals surface area contributed by atoms with Crippen molar-refractivity contribution in [2.45, 2.75) is 30.4 Å². The normalized spacial score (nSPS) is 18.8. The van der Waals surface area contributed by atoms with Gasteiger partial charge in [0.15, 0.2) is 5.16 Å². The second-order valence-corrected chi connectivity index (χ2v) is 6.98. The number of alkyl halides is 3. The summed E-state index contributed by atoms with van der Waals surface area (Å²) in [5, 5.41) is 0.734. The Balaban J connectivity index is 1.59. The summed E-state index contributed by atoms with van der Waals surface area (Å²) in [6, 6.07) is 5.46. The second kappa shape index (κ2) is 8.37. The van der Waals surface area contributed by atoms with Gasteiger partial charge in [0, 0.05) is 37.6 Å². The van der Waals surface area contributed by atoms with Crippen LogP contribution in [0.2, 0.25) is 0 Å². The van der Waals surface area contributed by atoms with Gasteiger partial charge in [0.2, 0.25) is 0 Å². The molecule has 0 spiro atoms. The Morgan fingerprint density at radius 2 is 2.00 bits per heavy atom. The number of ether oxygens (including phenoxy) is 1. The van der Waals surface area contributed by atoms with Gasteiger partial charge in [-0.1, -0.05) is 30.0 Å². The van der Waals surface area contributed by atoms with Crippen molar-refractivity contribution in [3.63, 3.8) is 0 Å². The maximum atomic E-state index is 12.9. The maximum Gasteiger partial charge on any atom is 0.416 e. The molecule has 0 amide bonds. The highest BCUT2D eigenvalue weighted by Gasteiger charge is 2.30. The summed E-state index contributed by atoms with van der Waals surface area (Å²) in [6.07, 6.45) is 1.57. The first-order valence-corrected chi connectivity index (χ1v) is 9.51. The van der Waals surface area contributed by atoms with Gasteiger partial charge in [-0.05, 0) is 24.3 Å². The van der Waals surface area contributed by atoms with Crippen molar-refractivity contribution in [2.24, 2.45) is 0 Å². The fourth-order valence-electron chi connectivity index (χ4n) is 2.97. The van der Waals surface area contributed by atoms with E-state index in [0.717, 1.165) is 23.3 Å². The molecule has 1 aliphatic rings. The molecular formula is C18H20F3N3OS. The van der Waals surface area contributed by atoms with Crippen LogP contribution < -0.4 is 0 Å². The molecule has 0 bridgehead atoms. The average Bonchev–Trinajstić information content (AvgIpc) is 2.62. The molecule has 0 aliphatic carbocycles. The summed E-state index contributed by atoms with van der Waals surface area (Å²) in [4.78, 5) is 10.8. The van der Waals surface area contributed by atoms with Crippen LogP contribution in [-0.4, -0.2) is 46.9 Å². The van der Waals surface area contributed by atoms with E-state index in [1.165, 1.54) is 23.9 Å². The van der Waals surface area contributed by atoms with E-state index in [1.807, 2.05) is 18.6 Å². The Kier molecular flexibility index (Phi) is 6.16. The second-order valence-electron chi connectivity index (χ2n) is 6.21. The van der Waals surface area contributed by atoms with Crippen molar-refractivity contribution in [3.8, 4) is 0 Å². The number of aromatic nitrogens is 2. The molecule has 1 aromatic heterocycles. The lowest BCUT2D eigenvalue weighted by atomic mass is 10.0. The molecule has 8 heteroatoms. The number of rotatable bonds is 5. The average molecular weight is 383 g/mol. The molecule has 0 saturated carbocycles. The Morgan fingerprint density at radius 1 is 1.23 bits per heavy atom. The van der Waals surface area contributed by atoms with E-state index >= 15 is 0 Å². The van der Waals surface area contributed by atoms with Crippen LogP contribution in [0, 0.1) is 0 Å². The molecule has 1 aliphatic heterocycles. The number of benzene rings is 1. The number of hydrogen-bond acceptors (Lipinski definition) is 5. The minimum atomic E-state index is -4.32. The molecule has 2 heterocycles. The van der Waals surface area contributed by atoms with Gasteiger partial charge in [-0.15, -0.1) is 0 Å². The number of nitrogens with zero attached hydrogens (tertiary/aromatic N) is 3. The zero-order chi connectivity index (χ0) is 18.6. The first kappa shape index (κ1) is 19.1. The summed E-state index contributed by atoms with van der Waals surface area (Å²) in [5.74, 6) is 0. The smallest absolute Gasteiger partial charge is 0.375 e. The van der Waals surface area contributed by atoms with E-state index in [9.17, 15) is 13.2 Å². The number of hydrogen-bond donors (Lipinski definition) is 0. The third kappa shape index (κ3) is 5.18. The predicted octanol–water partition coefficient (Wildman–Crippen LogP) is 3.66. The van der Waals surface area contributed by atoms with Crippen LogP contribution in [-0.2, 0) is 23.9 Å². The molecule has 0 radical (unpaired) electrons. The largest absolute Gasteiger partial charge is 0.416 e. The topological polar surface area (TPSA) is 38.2 Å². The quantitative estimate of drug-likeness (QED) is 0.582. The summed E-state index contributed by atoms with van der Waals surface area (Å²) in [5.41, 5.74) is 1.04. The van der Waals surface area contributed by atoms with E-state index in [1.54, 1.807) is 6.07 Å². The fraction of sp³-hybridized carbons (Fsp3) is 0.444. The third-order valence-electron chi connectivity index (χ3n) is 4.21. The van der Waals surface area contributed by atoms with Gasteiger partial charge in [0.1, 0.15) is 0 Å². The van der Waals surface area contributed by atoms with Gasteiger partial charge >= 0.3 is 6.18 Å². The van der Waals surface area contributed by atoms with Crippen molar-refractivity contribution >= 4 is 11.8 Å². The van der Waals surface area contributed by atoms with Crippen molar-refractivity contribution in [1.82, 2.24) is 14.9 Å². The highest BCUT2D eigenvalue weighted by Crippen LogP contribution is 2.30. The summed E-state index contributed by atoms with van der Waals surface area (Å²) in [7, 11) is 0. The van der Waals surface area contributed by atoms with Crippen LogP contribution in [0.5, 0.6) is 0 Å². The van der Waals surface area contributed by atoms with Crippen LogP contribution in [0.1, 0.15) is 16.7 Å². The lowest BCUT2D eigenvalue weighted by Crippen LogP contribution is -2.42. The number of thioether (sulfide) groups is 1.